The van der Waals surface area contributed by atoms with Crippen molar-refractivity contribution < 1.29 is 22.8 Å². The Morgan fingerprint density at radius 3 is 2.43 bits per heavy atom. The lowest BCUT2D eigenvalue weighted by molar-refractivity contribution is -0.125. The fraction of sp³-hybridized carbons (Fsp3) is 0.393. The van der Waals surface area contributed by atoms with E-state index in [-0.39, 0.29) is 17.3 Å². The Kier molecular flexibility index (Phi) is 7.41. The van der Waals surface area contributed by atoms with Crippen LogP contribution in [0.3, 0.4) is 0 Å². The van der Waals surface area contributed by atoms with Crippen molar-refractivity contribution in [1.82, 2.24) is 19.8 Å². The van der Waals surface area contributed by atoms with Crippen LogP contribution in [0.4, 0.5) is 13.2 Å². The van der Waals surface area contributed by atoms with Crippen LogP contribution in [0.15, 0.2) is 48.9 Å². The number of allylic oxidation sites excluding steroid dienone is 1. The SMILES string of the molecule is O=C(C=CN1CCC(C(=O)CN2CCC(c3c[nH]c4ncccc34)CC2)CC1)c1cc(F)c(F)c(F)c1. The molecular weight excluding hydrogens is 481 g/mol. The molecule has 9 heteroatoms. The summed E-state index contributed by atoms with van der Waals surface area (Å²) < 4.78 is 39.9. The molecule has 2 aromatic heterocycles. The lowest BCUT2D eigenvalue weighted by atomic mass is 9.88. The number of rotatable bonds is 7. The molecule has 0 amide bonds. The van der Waals surface area contributed by atoms with Crippen molar-refractivity contribution in [3.63, 3.8) is 0 Å². The van der Waals surface area contributed by atoms with Crippen molar-refractivity contribution in [3.05, 3.63) is 77.5 Å². The van der Waals surface area contributed by atoms with Gasteiger partial charge in [0.25, 0.3) is 0 Å². The minimum atomic E-state index is -1.59. The highest BCUT2D eigenvalue weighted by Crippen LogP contribution is 2.32. The molecule has 1 N–H and O–H groups in total. The Labute approximate surface area is 213 Å². The average molecular weight is 511 g/mol. The van der Waals surface area contributed by atoms with Crippen molar-refractivity contribution in [3.8, 4) is 0 Å². The smallest absolute Gasteiger partial charge is 0.194 e. The van der Waals surface area contributed by atoms with E-state index in [1.54, 1.807) is 12.4 Å². The number of piperidine rings is 2. The van der Waals surface area contributed by atoms with Crippen LogP contribution in [0, 0.1) is 23.4 Å². The molecule has 0 unspecified atom stereocenters. The Balaban J connectivity index is 1.07. The maximum absolute atomic E-state index is 13.4. The molecule has 194 valence electrons. The van der Waals surface area contributed by atoms with Crippen LogP contribution in [-0.4, -0.2) is 64.1 Å². The van der Waals surface area contributed by atoms with Gasteiger partial charge in [-0.1, -0.05) is 0 Å². The molecule has 0 aliphatic carbocycles. The number of hydrogen-bond donors (Lipinski definition) is 1. The number of carbonyl (C=O) groups is 2. The van der Waals surface area contributed by atoms with Gasteiger partial charge >= 0.3 is 0 Å². The second kappa shape index (κ2) is 10.9. The van der Waals surface area contributed by atoms with Gasteiger partial charge in [0.15, 0.2) is 23.2 Å². The van der Waals surface area contributed by atoms with Crippen LogP contribution >= 0.6 is 0 Å². The van der Waals surface area contributed by atoms with Gasteiger partial charge in [-0.2, -0.15) is 0 Å². The maximum atomic E-state index is 13.4. The predicted molar refractivity (Wildman–Crippen MR) is 134 cm³/mol. The van der Waals surface area contributed by atoms with E-state index < -0.39 is 23.2 Å². The summed E-state index contributed by atoms with van der Waals surface area (Å²) in [6.45, 7) is 3.46. The number of benzene rings is 1. The number of halogens is 3. The second-order valence-corrected chi connectivity index (χ2v) is 9.90. The molecule has 0 atom stereocenters. The molecule has 4 heterocycles. The fourth-order valence-corrected chi connectivity index (χ4v) is 5.40. The first-order valence-corrected chi connectivity index (χ1v) is 12.7. The Morgan fingerprint density at radius 1 is 1.03 bits per heavy atom. The monoisotopic (exact) mass is 510 g/mol. The summed E-state index contributed by atoms with van der Waals surface area (Å²) in [5.74, 6) is -4.28. The molecule has 1 aromatic carbocycles. The van der Waals surface area contributed by atoms with Crippen molar-refractivity contribution >= 4 is 22.6 Å². The molecule has 2 aliphatic rings. The normalized spacial score (nSPS) is 18.2. The Morgan fingerprint density at radius 2 is 1.73 bits per heavy atom. The van der Waals surface area contributed by atoms with Gasteiger partial charge in [-0.15, -0.1) is 0 Å². The molecule has 5 rings (SSSR count). The van der Waals surface area contributed by atoms with E-state index in [1.165, 1.54) is 17.0 Å². The quantitative estimate of drug-likeness (QED) is 0.280. The van der Waals surface area contributed by atoms with Gasteiger partial charge in [0.1, 0.15) is 11.4 Å². The first kappa shape index (κ1) is 25.2. The lowest BCUT2D eigenvalue weighted by Gasteiger charge is -2.34. The highest BCUT2D eigenvalue weighted by Gasteiger charge is 2.28. The molecular formula is C28H29F3N4O2. The van der Waals surface area contributed by atoms with E-state index in [0.717, 1.165) is 31.6 Å². The minimum Gasteiger partial charge on any atom is -0.377 e. The van der Waals surface area contributed by atoms with E-state index in [9.17, 15) is 22.8 Å². The van der Waals surface area contributed by atoms with Crippen molar-refractivity contribution in [2.45, 2.75) is 31.6 Å². The largest absolute Gasteiger partial charge is 0.377 e. The third-order valence-electron chi connectivity index (χ3n) is 7.58. The molecule has 37 heavy (non-hydrogen) atoms. The predicted octanol–water partition coefficient (Wildman–Crippen LogP) is 4.84. The zero-order chi connectivity index (χ0) is 25.9. The molecule has 6 nitrogen and oxygen atoms in total. The number of aromatic amines is 1. The number of likely N-dealkylation sites (tertiary alicyclic amines) is 2. The standard InChI is InChI=1S/C28H29F3N4O2/c29-23-14-20(15-24(30)27(23)31)25(36)7-13-34-9-5-19(6-10-34)26(37)17-35-11-3-18(4-12-35)22-16-33-28-21(22)2-1-8-32-28/h1-2,7-8,13-16,18-19H,3-6,9-12,17H2,(H,32,33). The summed E-state index contributed by atoms with van der Waals surface area (Å²) in [4.78, 5) is 37.0. The van der Waals surface area contributed by atoms with Crippen molar-refractivity contribution in [2.75, 3.05) is 32.7 Å². The Hall–Kier alpha value is -3.46. The number of aromatic nitrogens is 2. The Bertz CT molecular complexity index is 1300. The van der Waals surface area contributed by atoms with E-state index in [4.69, 9.17) is 0 Å². The number of nitrogens with zero attached hydrogens (tertiary/aromatic N) is 3. The number of carbonyl (C=O) groups excluding carboxylic acids is 2. The van der Waals surface area contributed by atoms with E-state index >= 15 is 0 Å². The van der Waals surface area contributed by atoms with Crippen LogP contribution in [0.2, 0.25) is 0 Å². The third kappa shape index (κ3) is 5.61. The van der Waals surface area contributed by atoms with Crippen molar-refractivity contribution in [2.24, 2.45) is 5.92 Å². The summed E-state index contributed by atoms with van der Waals surface area (Å²) in [6.07, 6.45) is 10.1. The summed E-state index contributed by atoms with van der Waals surface area (Å²) in [6, 6.07) is 5.44. The molecule has 3 aromatic rings. The summed E-state index contributed by atoms with van der Waals surface area (Å²) in [7, 11) is 0. The molecule has 0 bridgehead atoms. The zero-order valence-corrected chi connectivity index (χ0v) is 20.4. The average Bonchev–Trinajstić information content (AvgIpc) is 3.35. The number of Topliss-reactive ketones (excluding diaryl/α,β-unsaturated/α-hetero) is 1. The lowest BCUT2D eigenvalue weighted by Crippen LogP contribution is -2.41. The van der Waals surface area contributed by atoms with Crippen LogP contribution in [0.25, 0.3) is 11.0 Å². The number of nitrogens with one attached hydrogen (secondary N) is 1. The molecule has 2 saturated heterocycles. The number of hydrogen-bond acceptors (Lipinski definition) is 5. The molecule has 2 fully saturated rings. The topological polar surface area (TPSA) is 69.3 Å². The van der Waals surface area contributed by atoms with Crippen LogP contribution in [-0.2, 0) is 4.79 Å². The summed E-state index contributed by atoms with van der Waals surface area (Å²) >= 11 is 0. The van der Waals surface area contributed by atoms with Gasteiger partial charge in [-0.05, 0) is 74.5 Å². The summed E-state index contributed by atoms with van der Waals surface area (Å²) in [5, 5.41) is 1.18. The fourth-order valence-electron chi connectivity index (χ4n) is 5.40. The van der Waals surface area contributed by atoms with Gasteiger partial charge in [0.2, 0.25) is 0 Å². The number of ketones is 2. The van der Waals surface area contributed by atoms with Crippen LogP contribution in [0.1, 0.15) is 47.5 Å². The van der Waals surface area contributed by atoms with Gasteiger partial charge in [0.05, 0.1) is 6.54 Å². The zero-order valence-electron chi connectivity index (χ0n) is 20.4. The first-order valence-electron chi connectivity index (χ1n) is 12.7. The second-order valence-electron chi connectivity index (χ2n) is 9.90. The van der Waals surface area contributed by atoms with Gasteiger partial charge in [0, 0.05) is 54.6 Å². The minimum absolute atomic E-state index is 0.0157. The van der Waals surface area contributed by atoms with Gasteiger partial charge in [-0.3, -0.25) is 14.5 Å². The maximum Gasteiger partial charge on any atom is 0.194 e. The summed E-state index contributed by atoms with van der Waals surface area (Å²) in [5.41, 5.74) is 1.98. The van der Waals surface area contributed by atoms with Crippen LogP contribution in [0.5, 0.6) is 0 Å². The van der Waals surface area contributed by atoms with Crippen molar-refractivity contribution in [1.29, 1.82) is 0 Å². The van der Waals surface area contributed by atoms with E-state index in [1.807, 2.05) is 11.0 Å². The highest BCUT2D eigenvalue weighted by atomic mass is 19.2. The van der Waals surface area contributed by atoms with E-state index in [0.29, 0.717) is 50.5 Å². The first-order chi connectivity index (χ1) is 17.9. The molecule has 0 spiro atoms. The van der Waals surface area contributed by atoms with Gasteiger partial charge < -0.3 is 9.88 Å². The molecule has 0 saturated carbocycles. The number of pyridine rings is 1. The molecule has 2 aliphatic heterocycles. The third-order valence-corrected chi connectivity index (χ3v) is 7.58. The highest BCUT2D eigenvalue weighted by molar-refractivity contribution is 6.04. The van der Waals surface area contributed by atoms with Gasteiger partial charge in [-0.25, -0.2) is 18.2 Å². The number of fused-ring (bicyclic) bond motifs is 1. The number of H-pyrrole nitrogens is 1. The molecule has 0 radical (unpaired) electrons. The van der Waals surface area contributed by atoms with Crippen LogP contribution < -0.4 is 0 Å². The van der Waals surface area contributed by atoms with E-state index in [2.05, 4.69) is 27.1 Å².